The van der Waals surface area contributed by atoms with Gasteiger partial charge in [0.2, 0.25) is 0 Å². The Hall–Kier alpha value is -2.12. The number of H-pyrrole nitrogens is 1. The van der Waals surface area contributed by atoms with Crippen molar-refractivity contribution in [2.24, 2.45) is 0 Å². The van der Waals surface area contributed by atoms with E-state index >= 15 is 0 Å². The summed E-state index contributed by atoms with van der Waals surface area (Å²) in [4.78, 5) is 25.9. The van der Waals surface area contributed by atoms with Gasteiger partial charge in [0.25, 0.3) is 0 Å². The maximum atomic E-state index is 12.0. The molecule has 2 rings (SSSR count). The first-order valence-corrected chi connectivity index (χ1v) is 6.05. The molecule has 0 amide bonds. The standard InChI is InChI=1S/C13H16N2O5/c1-19-7-8(20-2)6-15-11-9(12(16)17)4-3-5-10(11)14-13(15)18/h3-5,8H,6-7H2,1-2H3,(H,14,18)(H,16,17). The Balaban J connectivity index is 2.54. The number of carboxylic acids is 1. The van der Waals surface area contributed by atoms with Crippen LogP contribution in [0.5, 0.6) is 0 Å². The van der Waals surface area contributed by atoms with Gasteiger partial charge in [-0.2, -0.15) is 0 Å². The van der Waals surface area contributed by atoms with Crippen LogP contribution in [0.25, 0.3) is 11.0 Å². The molecule has 7 heteroatoms. The van der Waals surface area contributed by atoms with Gasteiger partial charge in [-0.3, -0.25) is 4.57 Å². The van der Waals surface area contributed by atoms with Crippen LogP contribution in [0.15, 0.2) is 23.0 Å². The van der Waals surface area contributed by atoms with Crippen molar-refractivity contribution < 1.29 is 19.4 Å². The average Bonchev–Trinajstić information content (AvgIpc) is 2.74. The van der Waals surface area contributed by atoms with E-state index in [0.29, 0.717) is 17.6 Å². The summed E-state index contributed by atoms with van der Waals surface area (Å²) in [6, 6.07) is 4.72. The summed E-state index contributed by atoms with van der Waals surface area (Å²) in [5, 5.41) is 9.23. The molecular weight excluding hydrogens is 264 g/mol. The highest BCUT2D eigenvalue weighted by atomic mass is 16.5. The maximum Gasteiger partial charge on any atom is 0.337 e. The van der Waals surface area contributed by atoms with Crippen LogP contribution < -0.4 is 5.69 Å². The van der Waals surface area contributed by atoms with Crippen molar-refractivity contribution in [1.29, 1.82) is 0 Å². The lowest BCUT2D eigenvalue weighted by Gasteiger charge is -2.15. The van der Waals surface area contributed by atoms with Crippen LogP contribution in [-0.4, -0.2) is 47.6 Å². The molecule has 20 heavy (non-hydrogen) atoms. The van der Waals surface area contributed by atoms with Crippen molar-refractivity contribution in [1.82, 2.24) is 9.55 Å². The SMILES string of the molecule is COCC(Cn1c(=O)[nH]c2cccc(C(=O)O)c21)OC. The summed E-state index contributed by atoms with van der Waals surface area (Å²) in [5.74, 6) is -1.08. The number of nitrogens with one attached hydrogen (secondary N) is 1. The fraction of sp³-hybridized carbons (Fsp3) is 0.385. The van der Waals surface area contributed by atoms with Crippen molar-refractivity contribution >= 4 is 17.0 Å². The van der Waals surface area contributed by atoms with E-state index < -0.39 is 5.97 Å². The minimum Gasteiger partial charge on any atom is -0.478 e. The quantitative estimate of drug-likeness (QED) is 0.812. The van der Waals surface area contributed by atoms with Gasteiger partial charge in [-0.1, -0.05) is 6.07 Å². The lowest BCUT2D eigenvalue weighted by Crippen LogP contribution is -2.29. The number of aromatic amines is 1. The van der Waals surface area contributed by atoms with E-state index in [1.807, 2.05) is 0 Å². The number of ether oxygens (including phenoxy) is 2. The Morgan fingerprint density at radius 1 is 1.45 bits per heavy atom. The zero-order valence-electron chi connectivity index (χ0n) is 11.3. The Kier molecular flexibility index (Phi) is 4.21. The van der Waals surface area contributed by atoms with Gasteiger partial charge in [0.1, 0.15) is 0 Å². The number of carbonyl (C=O) groups is 1. The van der Waals surface area contributed by atoms with E-state index in [-0.39, 0.29) is 23.9 Å². The Labute approximate surface area is 114 Å². The molecular formula is C13H16N2O5. The molecule has 0 saturated carbocycles. The maximum absolute atomic E-state index is 12.0. The summed E-state index contributed by atoms with van der Waals surface area (Å²) >= 11 is 0. The number of methoxy groups -OCH3 is 2. The van der Waals surface area contributed by atoms with Crippen LogP contribution in [-0.2, 0) is 16.0 Å². The average molecular weight is 280 g/mol. The highest BCUT2D eigenvalue weighted by Gasteiger charge is 2.18. The number of aromatic nitrogens is 2. The number of nitrogens with zero attached hydrogens (tertiary/aromatic N) is 1. The third-order valence-electron chi connectivity index (χ3n) is 3.10. The van der Waals surface area contributed by atoms with Gasteiger partial charge < -0.3 is 19.6 Å². The van der Waals surface area contributed by atoms with E-state index in [1.165, 1.54) is 24.9 Å². The molecule has 1 atom stereocenters. The fourth-order valence-corrected chi connectivity index (χ4v) is 2.15. The van der Waals surface area contributed by atoms with Gasteiger partial charge in [-0.05, 0) is 12.1 Å². The van der Waals surface area contributed by atoms with Crippen LogP contribution in [0.3, 0.4) is 0 Å². The zero-order valence-corrected chi connectivity index (χ0v) is 11.3. The molecule has 108 valence electrons. The molecule has 0 radical (unpaired) electrons. The molecule has 7 nitrogen and oxygen atoms in total. The number of benzene rings is 1. The Morgan fingerprint density at radius 2 is 2.20 bits per heavy atom. The van der Waals surface area contributed by atoms with Gasteiger partial charge in [-0.25, -0.2) is 9.59 Å². The minimum absolute atomic E-state index is 0.0770. The van der Waals surface area contributed by atoms with E-state index in [0.717, 1.165) is 0 Å². The molecule has 0 bridgehead atoms. The summed E-state index contributed by atoms with van der Waals surface area (Å²) in [7, 11) is 3.05. The first-order chi connectivity index (χ1) is 9.58. The molecule has 0 fully saturated rings. The molecule has 1 heterocycles. The largest absolute Gasteiger partial charge is 0.478 e. The minimum atomic E-state index is -1.08. The normalized spacial score (nSPS) is 12.7. The van der Waals surface area contributed by atoms with Crippen LogP contribution in [0.4, 0.5) is 0 Å². The van der Waals surface area contributed by atoms with Crippen LogP contribution >= 0.6 is 0 Å². The third kappa shape index (κ3) is 2.59. The number of para-hydroxylation sites is 1. The van der Waals surface area contributed by atoms with Gasteiger partial charge in [0.15, 0.2) is 0 Å². The van der Waals surface area contributed by atoms with E-state index in [9.17, 15) is 14.7 Å². The van der Waals surface area contributed by atoms with Crippen molar-refractivity contribution in [3.05, 3.63) is 34.2 Å². The van der Waals surface area contributed by atoms with E-state index in [4.69, 9.17) is 9.47 Å². The lowest BCUT2D eigenvalue weighted by atomic mass is 10.2. The molecule has 0 aliphatic rings. The predicted octanol–water partition coefficient (Wildman–Crippen LogP) is 0.689. The van der Waals surface area contributed by atoms with E-state index in [1.54, 1.807) is 12.1 Å². The highest BCUT2D eigenvalue weighted by Crippen LogP contribution is 2.16. The molecule has 0 aliphatic heterocycles. The second kappa shape index (κ2) is 5.89. The number of hydrogen-bond acceptors (Lipinski definition) is 4. The fourth-order valence-electron chi connectivity index (χ4n) is 2.15. The number of imidazole rings is 1. The molecule has 0 spiro atoms. The molecule has 1 aromatic heterocycles. The van der Waals surface area contributed by atoms with Gasteiger partial charge in [-0.15, -0.1) is 0 Å². The second-order valence-corrected chi connectivity index (χ2v) is 4.36. The first kappa shape index (κ1) is 14.3. The summed E-state index contributed by atoms with van der Waals surface area (Å²) in [5.41, 5.74) is 0.560. The topological polar surface area (TPSA) is 93.6 Å². The number of rotatable bonds is 6. The van der Waals surface area contributed by atoms with Crippen LogP contribution in [0.2, 0.25) is 0 Å². The van der Waals surface area contributed by atoms with Crippen molar-refractivity contribution in [3.8, 4) is 0 Å². The number of fused-ring (bicyclic) bond motifs is 1. The van der Waals surface area contributed by atoms with Gasteiger partial charge >= 0.3 is 11.7 Å². The second-order valence-electron chi connectivity index (χ2n) is 4.36. The van der Waals surface area contributed by atoms with Crippen molar-refractivity contribution in [2.75, 3.05) is 20.8 Å². The number of aromatic carboxylic acids is 1. The molecule has 2 N–H and O–H groups in total. The molecule has 0 saturated heterocycles. The Morgan fingerprint density at radius 3 is 2.80 bits per heavy atom. The lowest BCUT2D eigenvalue weighted by molar-refractivity contribution is 0.0184. The summed E-state index contributed by atoms with van der Waals surface area (Å²) < 4.78 is 11.6. The predicted molar refractivity (Wildman–Crippen MR) is 72.2 cm³/mol. The summed E-state index contributed by atoms with van der Waals surface area (Å²) in [6.45, 7) is 0.526. The Bertz CT molecular complexity index is 673. The zero-order chi connectivity index (χ0) is 14.7. The van der Waals surface area contributed by atoms with Gasteiger partial charge in [0, 0.05) is 14.2 Å². The molecule has 0 aliphatic carbocycles. The smallest absolute Gasteiger partial charge is 0.337 e. The summed E-state index contributed by atoms with van der Waals surface area (Å²) in [6.07, 6.45) is -0.335. The molecule has 1 unspecified atom stereocenters. The number of hydrogen-bond donors (Lipinski definition) is 2. The van der Waals surface area contributed by atoms with Crippen molar-refractivity contribution in [3.63, 3.8) is 0 Å². The highest BCUT2D eigenvalue weighted by molar-refractivity contribution is 6.01. The van der Waals surface area contributed by atoms with Crippen molar-refractivity contribution in [2.45, 2.75) is 12.6 Å². The van der Waals surface area contributed by atoms with Crippen LogP contribution in [0.1, 0.15) is 10.4 Å². The molecule has 1 aromatic carbocycles. The monoisotopic (exact) mass is 280 g/mol. The number of carboxylic acid groups (broad SMARTS) is 1. The first-order valence-electron chi connectivity index (χ1n) is 6.05. The molecule has 2 aromatic rings. The van der Waals surface area contributed by atoms with Gasteiger partial charge in [0.05, 0.1) is 35.9 Å². The third-order valence-corrected chi connectivity index (χ3v) is 3.10. The van der Waals surface area contributed by atoms with E-state index in [2.05, 4.69) is 4.98 Å². The van der Waals surface area contributed by atoms with Crippen LogP contribution in [0, 0.1) is 0 Å².